The summed E-state index contributed by atoms with van der Waals surface area (Å²) in [4.78, 5) is 5.20. The second-order valence-corrected chi connectivity index (χ2v) is 14.2. The molecule has 0 aliphatic heterocycles. The summed E-state index contributed by atoms with van der Waals surface area (Å²) >= 11 is 27.2. The van der Waals surface area contributed by atoms with E-state index < -0.39 is 0 Å². The Kier molecular flexibility index (Phi) is 16.7. The minimum absolute atomic E-state index is 0.579. The third-order valence-corrected chi connectivity index (χ3v) is 12.8. The molecular weight excluding hydrogens is 553 g/mol. The summed E-state index contributed by atoms with van der Waals surface area (Å²) in [6.45, 7) is 0. The molecule has 0 saturated heterocycles. The molecule has 0 aliphatic carbocycles. The number of thioether (sulfide) groups is 4. The van der Waals surface area contributed by atoms with E-state index in [0.717, 1.165) is 46.0 Å². The number of rotatable bonds is 16. The molecule has 0 saturated carbocycles. The predicted molar refractivity (Wildman–Crippen MR) is 166 cm³/mol. The van der Waals surface area contributed by atoms with E-state index in [1.807, 2.05) is 58.8 Å². The fourth-order valence-electron chi connectivity index (χ4n) is 2.47. The van der Waals surface area contributed by atoms with Gasteiger partial charge in [0.05, 0.1) is 0 Å². The van der Waals surface area contributed by atoms with Crippen LogP contribution in [0.15, 0.2) is 68.1 Å². The van der Waals surface area contributed by atoms with Gasteiger partial charge in [0.15, 0.2) is 0 Å². The van der Waals surface area contributed by atoms with Crippen molar-refractivity contribution in [3.05, 3.63) is 48.5 Å². The number of benzene rings is 2. The average molecular weight is 583 g/mol. The quantitative estimate of drug-likeness (QED) is 0.117. The molecule has 0 amide bonds. The van der Waals surface area contributed by atoms with Crippen LogP contribution in [-0.4, -0.2) is 56.5 Å². The zero-order valence-electron chi connectivity index (χ0n) is 17.3. The fraction of sp³-hybridized carbons (Fsp3) is 0.455. The van der Waals surface area contributed by atoms with Crippen molar-refractivity contribution in [1.29, 1.82) is 0 Å². The van der Waals surface area contributed by atoms with E-state index in [4.69, 9.17) is 0 Å². The van der Waals surface area contributed by atoms with Gasteiger partial charge in [-0.05, 0) is 60.0 Å². The van der Waals surface area contributed by atoms with E-state index in [9.17, 15) is 0 Å². The van der Waals surface area contributed by atoms with Gasteiger partial charge in [0, 0.05) is 64.6 Å². The minimum Gasteiger partial charge on any atom is -0.179 e. The molecule has 172 valence electrons. The van der Waals surface area contributed by atoms with Crippen LogP contribution in [0.2, 0.25) is 0 Å². The lowest BCUT2D eigenvalue weighted by Crippen LogP contribution is -2.09. The SMILES string of the molecule is SCCSC(CS)CSc1ccc(Sc2ccc(SCC(CS)SCCS)cc2)cc1. The van der Waals surface area contributed by atoms with Gasteiger partial charge in [-0.3, -0.25) is 0 Å². The van der Waals surface area contributed by atoms with Crippen molar-refractivity contribution in [3.63, 3.8) is 0 Å². The van der Waals surface area contributed by atoms with E-state index in [1.54, 1.807) is 0 Å². The zero-order valence-corrected chi connectivity index (χ0v) is 24.9. The van der Waals surface area contributed by atoms with Crippen LogP contribution in [-0.2, 0) is 0 Å². The molecule has 0 nitrogen and oxygen atoms in total. The van der Waals surface area contributed by atoms with Gasteiger partial charge in [-0.25, -0.2) is 0 Å². The van der Waals surface area contributed by atoms with Gasteiger partial charge in [0.25, 0.3) is 0 Å². The first-order valence-corrected chi connectivity index (χ1v) is 17.4. The maximum atomic E-state index is 4.48. The summed E-state index contributed by atoms with van der Waals surface area (Å²) in [7, 11) is 0. The largest absolute Gasteiger partial charge is 0.179 e. The molecule has 2 aromatic rings. The van der Waals surface area contributed by atoms with Crippen LogP contribution >= 0.6 is 109 Å². The summed E-state index contributed by atoms with van der Waals surface area (Å²) in [5.74, 6) is 8.05. The molecule has 0 aliphatic rings. The summed E-state index contributed by atoms with van der Waals surface area (Å²) in [6, 6.07) is 17.8. The van der Waals surface area contributed by atoms with Crippen LogP contribution < -0.4 is 0 Å². The Morgan fingerprint density at radius 1 is 0.548 bits per heavy atom. The Labute approximate surface area is 231 Å². The Hall–Kier alpha value is 1.59. The first-order valence-electron chi connectivity index (χ1n) is 9.98. The van der Waals surface area contributed by atoms with E-state index in [1.165, 1.54) is 19.6 Å². The molecule has 0 spiro atoms. The third-order valence-electron chi connectivity index (χ3n) is 4.05. The van der Waals surface area contributed by atoms with Crippen molar-refractivity contribution < 1.29 is 0 Å². The van der Waals surface area contributed by atoms with Gasteiger partial charge in [0.2, 0.25) is 0 Å². The van der Waals surface area contributed by atoms with E-state index in [2.05, 4.69) is 99.0 Å². The highest BCUT2D eigenvalue weighted by Crippen LogP contribution is 2.32. The Morgan fingerprint density at radius 2 is 0.903 bits per heavy atom. The lowest BCUT2D eigenvalue weighted by molar-refractivity contribution is 1.15. The molecule has 0 N–H and O–H groups in total. The van der Waals surface area contributed by atoms with Gasteiger partial charge in [-0.2, -0.15) is 74.0 Å². The predicted octanol–water partition coefficient (Wildman–Crippen LogP) is 7.94. The van der Waals surface area contributed by atoms with Crippen LogP contribution in [0.3, 0.4) is 0 Å². The molecule has 31 heavy (non-hydrogen) atoms. The van der Waals surface area contributed by atoms with Gasteiger partial charge in [-0.15, -0.1) is 23.5 Å². The van der Waals surface area contributed by atoms with Crippen LogP contribution in [0, 0.1) is 0 Å². The van der Waals surface area contributed by atoms with Crippen molar-refractivity contribution in [2.75, 3.05) is 46.0 Å². The smallest absolute Gasteiger partial charge is 0.0230 e. The molecule has 0 radical (unpaired) electrons. The third kappa shape index (κ3) is 12.2. The molecule has 0 aromatic heterocycles. The summed E-state index contributed by atoms with van der Waals surface area (Å²) in [5, 5.41) is 1.16. The van der Waals surface area contributed by atoms with E-state index in [0.29, 0.717) is 10.5 Å². The van der Waals surface area contributed by atoms with Crippen LogP contribution in [0.25, 0.3) is 0 Å². The molecule has 2 unspecified atom stereocenters. The number of thiol groups is 4. The monoisotopic (exact) mass is 582 g/mol. The highest BCUT2D eigenvalue weighted by atomic mass is 32.2. The van der Waals surface area contributed by atoms with Crippen molar-refractivity contribution in [2.45, 2.75) is 30.1 Å². The highest BCUT2D eigenvalue weighted by Gasteiger charge is 2.09. The maximum Gasteiger partial charge on any atom is 0.0230 e. The zero-order chi connectivity index (χ0) is 22.3. The van der Waals surface area contributed by atoms with E-state index >= 15 is 0 Å². The fourth-order valence-corrected chi connectivity index (χ4v) is 9.07. The second kappa shape index (κ2) is 17.9. The molecule has 0 bridgehead atoms. The van der Waals surface area contributed by atoms with Crippen molar-refractivity contribution in [1.82, 2.24) is 0 Å². The highest BCUT2D eigenvalue weighted by molar-refractivity contribution is 8.04. The Morgan fingerprint density at radius 3 is 1.23 bits per heavy atom. The molecule has 0 fully saturated rings. The van der Waals surface area contributed by atoms with Crippen LogP contribution in [0.1, 0.15) is 0 Å². The van der Waals surface area contributed by atoms with Gasteiger partial charge in [0.1, 0.15) is 0 Å². The average Bonchev–Trinajstić information content (AvgIpc) is 2.81. The standard InChI is InChI=1S/C22H30S9/c23-9-11-27-21(13-25)15-29-17-1-5-19(6-2-17)31-20-7-3-18(4-8-20)30-16-22(14-26)28-12-10-24/h1-8,21-26H,9-16H2. The molecule has 2 rings (SSSR count). The van der Waals surface area contributed by atoms with Gasteiger partial charge < -0.3 is 0 Å². The van der Waals surface area contributed by atoms with E-state index in [-0.39, 0.29) is 0 Å². The second-order valence-electron chi connectivity index (χ2n) is 6.46. The van der Waals surface area contributed by atoms with Gasteiger partial charge >= 0.3 is 0 Å². The van der Waals surface area contributed by atoms with Crippen molar-refractivity contribution in [3.8, 4) is 0 Å². The molecule has 2 aromatic carbocycles. The first-order chi connectivity index (χ1) is 15.2. The lowest BCUT2D eigenvalue weighted by atomic mass is 10.4. The normalized spacial score (nSPS) is 13.3. The lowest BCUT2D eigenvalue weighted by Gasteiger charge is -2.13. The Balaban J connectivity index is 1.79. The van der Waals surface area contributed by atoms with Gasteiger partial charge in [-0.1, -0.05) is 11.8 Å². The number of hydrogen-bond acceptors (Lipinski definition) is 9. The number of hydrogen-bond donors (Lipinski definition) is 4. The van der Waals surface area contributed by atoms with Crippen LogP contribution in [0.4, 0.5) is 0 Å². The molecular formula is C22H30S9. The summed E-state index contributed by atoms with van der Waals surface area (Å²) in [5.41, 5.74) is 0. The first kappa shape index (κ1) is 28.8. The van der Waals surface area contributed by atoms with Crippen LogP contribution in [0.5, 0.6) is 0 Å². The molecule has 0 heterocycles. The topological polar surface area (TPSA) is 0 Å². The molecule has 2 atom stereocenters. The molecule has 9 heteroatoms. The summed E-state index contributed by atoms with van der Waals surface area (Å²) in [6.07, 6.45) is 0. The Bertz CT molecular complexity index is 644. The summed E-state index contributed by atoms with van der Waals surface area (Å²) < 4.78 is 0. The minimum atomic E-state index is 0.579. The van der Waals surface area contributed by atoms with Crippen molar-refractivity contribution in [2.24, 2.45) is 0 Å². The maximum absolute atomic E-state index is 4.48. The van der Waals surface area contributed by atoms with Crippen molar-refractivity contribution >= 4 is 109 Å².